The van der Waals surface area contributed by atoms with Gasteiger partial charge in [-0.2, -0.15) is 0 Å². The lowest BCUT2D eigenvalue weighted by atomic mass is 9.99. The fraction of sp³-hybridized carbons (Fsp3) is 0. The molecule has 0 amide bonds. The summed E-state index contributed by atoms with van der Waals surface area (Å²) in [6.07, 6.45) is 1.79. The molecular weight excluding hydrogens is 415 g/mol. The molecule has 152 valence electrons. The predicted octanol–water partition coefficient (Wildman–Crippen LogP) is 8.46. The van der Waals surface area contributed by atoms with E-state index in [-0.39, 0.29) is 0 Å². The van der Waals surface area contributed by atoms with Gasteiger partial charge in [0.2, 0.25) is 0 Å². The Bertz CT molecular complexity index is 1720. The minimum Gasteiger partial charge on any atom is -0.415 e. The maximum Gasteiger partial charge on any atom is 0.270 e. The second kappa shape index (κ2) is 6.74. The molecule has 0 saturated heterocycles. The number of rotatable bonds is 1. The van der Waals surface area contributed by atoms with Crippen LogP contribution in [0, 0.1) is 0 Å². The van der Waals surface area contributed by atoms with Crippen molar-refractivity contribution in [3.63, 3.8) is 0 Å². The molecule has 7 rings (SSSR count). The quantitative estimate of drug-likeness (QED) is 0.283. The Balaban J connectivity index is 1.72. The van der Waals surface area contributed by atoms with Gasteiger partial charge < -0.3 is 13.4 Å². The third-order valence-corrected chi connectivity index (χ3v) is 7.33. The van der Waals surface area contributed by atoms with Crippen molar-refractivity contribution in [1.29, 1.82) is 0 Å². The maximum absolute atomic E-state index is 6.60. The predicted molar refractivity (Wildman–Crippen MR) is 132 cm³/mol. The molecule has 4 nitrogen and oxygen atoms in total. The van der Waals surface area contributed by atoms with E-state index in [0.29, 0.717) is 0 Å². The summed E-state index contributed by atoms with van der Waals surface area (Å²) < 4.78 is 13.2. The molecule has 0 radical (unpaired) electrons. The third kappa shape index (κ3) is 2.60. The van der Waals surface area contributed by atoms with Crippen molar-refractivity contribution in [3.05, 3.63) is 97.2 Å². The number of aromatic amines is 1. The van der Waals surface area contributed by atoms with E-state index in [1.165, 1.54) is 10.8 Å². The Morgan fingerprint density at radius 1 is 0.625 bits per heavy atom. The van der Waals surface area contributed by atoms with Crippen molar-refractivity contribution in [2.45, 2.75) is 0 Å². The summed E-state index contributed by atoms with van der Waals surface area (Å²) in [4.78, 5) is 7.83. The zero-order valence-electron chi connectivity index (χ0n) is 16.9. The molecule has 1 N–H and O–H groups in total. The molecule has 3 heterocycles. The molecule has 3 aromatic heterocycles. The third-order valence-electron chi connectivity index (χ3n) is 5.97. The average Bonchev–Trinajstić information content (AvgIpc) is 3.19. The molecule has 0 saturated carbocycles. The lowest BCUT2D eigenvalue weighted by Gasteiger charge is -2.05. The SMILES string of the molecule is c1cnc2[nH]c(-p3oc4ccc5ccccc5c4c4c(ccc5ccccc54)o3)cc2c1. The van der Waals surface area contributed by atoms with Gasteiger partial charge in [0.1, 0.15) is 22.2 Å². The Kier molecular flexibility index (Phi) is 3.72. The highest BCUT2D eigenvalue weighted by molar-refractivity contribution is 7.45. The number of H-pyrrole nitrogens is 1. The van der Waals surface area contributed by atoms with Gasteiger partial charge in [-0.25, -0.2) is 4.98 Å². The van der Waals surface area contributed by atoms with Gasteiger partial charge in [-0.1, -0.05) is 60.7 Å². The smallest absolute Gasteiger partial charge is 0.270 e. The summed E-state index contributed by atoms with van der Waals surface area (Å²) in [7, 11) is -1.42. The Morgan fingerprint density at radius 2 is 1.22 bits per heavy atom. The lowest BCUT2D eigenvalue weighted by Crippen LogP contribution is -1.79. The second-order valence-corrected chi connectivity index (χ2v) is 9.22. The monoisotopic (exact) mass is 432 g/mol. The summed E-state index contributed by atoms with van der Waals surface area (Å²) in [5.41, 5.74) is 3.39. The van der Waals surface area contributed by atoms with E-state index < -0.39 is 8.01 Å². The topological polar surface area (TPSA) is 55.0 Å². The van der Waals surface area contributed by atoms with Gasteiger partial charge in [0, 0.05) is 22.4 Å². The van der Waals surface area contributed by atoms with Crippen LogP contribution in [-0.2, 0) is 0 Å². The molecule has 0 bridgehead atoms. The van der Waals surface area contributed by atoms with E-state index in [9.17, 15) is 0 Å². The number of hydrogen-bond donors (Lipinski definition) is 1. The molecule has 0 aliphatic rings. The minimum atomic E-state index is -1.42. The highest BCUT2D eigenvalue weighted by Gasteiger charge is 2.15. The molecule has 5 heteroatoms. The molecule has 0 aliphatic heterocycles. The van der Waals surface area contributed by atoms with Crippen LogP contribution in [0.5, 0.6) is 0 Å². The Labute approximate surface area is 183 Å². The van der Waals surface area contributed by atoms with Crippen LogP contribution in [0.1, 0.15) is 0 Å². The summed E-state index contributed by atoms with van der Waals surface area (Å²) in [5.74, 6) is 0. The van der Waals surface area contributed by atoms with Crippen molar-refractivity contribution in [2.75, 3.05) is 0 Å². The van der Waals surface area contributed by atoms with Crippen molar-refractivity contribution in [2.24, 2.45) is 0 Å². The van der Waals surface area contributed by atoms with E-state index >= 15 is 0 Å². The highest BCUT2D eigenvalue weighted by Crippen LogP contribution is 2.45. The first-order valence-electron chi connectivity index (χ1n) is 10.5. The molecule has 0 unspecified atom stereocenters. The van der Waals surface area contributed by atoms with Crippen LogP contribution in [-0.4, -0.2) is 9.97 Å². The summed E-state index contributed by atoms with van der Waals surface area (Å²) in [6.45, 7) is 0. The molecule has 4 aromatic carbocycles. The van der Waals surface area contributed by atoms with Gasteiger partial charge in [0.25, 0.3) is 8.01 Å². The largest absolute Gasteiger partial charge is 0.415 e. The molecule has 32 heavy (non-hydrogen) atoms. The number of nitrogens with one attached hydrogen (secondary N) is 1. The summed E-state index contributed by atoms with van der Waals surface area (Å²) in [5, 5.41) is 7.86. The van der Waals surface area contributed by atoms with Crippen molar-refractivity contribution >= 4 is 62.5 Å². The van der Waals surface area contributed by atoms with Crippen LogP contribution in [0.3, 0.4) is 0 Å². The highest BCUT2D eigenvalue weighted by atomic mass is 31.1. The Hall–Kier alpha value is -4.01. The first-order valence-corrected chi connectivity index (χ1v) is 11.7. The molecule has 0 fully saturated rings. The summed E-state index contributed by atoms with van der Waals surface area (Å²) in [6, 6.07) is 31.3. The number of pyridine rings is 1. The lowest BCUT2D eigenvalue weighted by molar-refractivity contribution is 0.650. The number of fused-ring (bicyclic) bond motifs is 8. The maximum atomic E-state index is 6.60. The van der Waals surface area contributed by atoms with Crippen molar-refractivity contribution in [1.82, 2.24) is 9.97 Å². The summed E-state index contributed by atoms with van der Waals surface area (Å²) >= 11 is 0. The molecule has 0 atom stereocenters. The average molecular weight is 432 g/mol. The van der Waals surface area contributed by atoms with E-state index in [2.05, 4.69) is 88.8 Å². The van der Waals surface area contributed by atoms with Gasteiger partial charge in [0.15, 0.2) is 0 Å². The van der Waals surface area contributed by atoms with Crippen molar-refractivity contribution < 1.29 is 8.39 Å². The zero-order chi connectivity index (χ0) is 21.1. The van der Waals surface area contributed by atoms with Crippen molar-refractivity contribution in [3.8, 4) is 5.44 Å². The van der Waals surface area contributed by atoms with Gasteiger partial charge >= 0.3 is 0 Å². The molecule has 7 aromatic rings. The van der Waals surface area contributed by atoms with Gasteiger partial charge in [-0.3, -0.25) is 0 Å². The van der Waals surface area contributed by atoms with E-state index in [0.717, 1.165) is 49.2 Å². The second-order valence-electron chi connectivity index (χ2n) is 7.86. The van der Waals surface area contributed by atoms with Crippen LogP contribution >= 0.6 is 8.01 Å². The fourth-order valence-corrected chi connectivity index (χ4v) is 5.85. The normalized spacial score (nSPS) is 11.8. The fourth-order valence-electron chi connectivity index (χ4n) is 4.51. The van der Waals surface area contributed by atoms with Gasteiger partial charge in [-0.05, 0) is 51.9 Å². The molecule has 0 aliphatic carbocycles. The van der Waals surface area contributed by atoms with Crippen LogP contribution in [0.4, 0.5) is 0 Å². The zero-order valence-corrected chi connectivity index (χ0v) is 17.8. The molecule has 0 spiro atoms. The standard InChI is InChI=1S/C27H17N2O2P/c1-3-9-20-17(6-1)11-13-22-25(20)26-21-10-4-2-7-18(21)12-14-23(26)31-32(30-22)24-16-19-8-5-15-28-27(19)29-24/h1-16H,(H,28,29). The number of hydrogen-bond acceptors (Lipinski definition) is 3. The van der Waals surface area contributed by atoms with Crippen LogP contribution in [0.15, 0.2) is 106 Å². The van der Waals surface area contributed by atoms with E-state index in [4.69, 9.17) is 8.39 Å². The number of nitrogens with zero attached hydrogens (tertiary/aromatic N) is 1. The van der Waals surface area contributed by atoms with Crippen LogP contribution < -0.4 is 0 Å². The van der Waals surface area contributed by atoms with Gasteiger partial charge in [0.05, 0.1) is 0 Å². The van der Waals surface area contributed by atoms with E-state index in [1.54, 1.807) is 6.20 Å². The minimum absolute atomic E-state index is 0.830. The van der Waals surface area contributed by atoms with Crippen LogP contribution in [0.25, 0.3) is 60.0 Å². The number of aromatic nitrogens is 2. The Morgan fingerprint density at radius 3 is 1.84 bits per heavy atom. The van der Waals surface area contributed by atoms with E-state index in [1.807, 2.05) is 12.1 Å². The van der Waals surface area contributed by atoms with Crippen LogP contribution in [0.2, 0.25) is 0 Å². The molecular formula is C27H17N2O2P. The number of benzene rings is 4. The van der Waals surface area contributed by atoms with Gasteiger partial charge in [-0.15, -0.1) is 0 Å². The first kappa shape index (κ1) is 17.6. The first-order chi connectivity index (χ1) is 15.8.